The molecule has 0 radical (unpaired) electrons. The fourth-order valence-electron chi connectivity index (χ4n) is 4.59. The number of rotatable bonds is 3. The van der Waals surface area contributed by atoms with Crippen LogP contribution in [0.3, 0.4) is 0 Å². The molecule has 0 unspecified atom stereocenters. The average molecular weight is 346 g/mol. The van der Waals surface area contributed by atoms with Gasteiger partial charge in [-0.25, -0.2) is 4.79 Å². The quantitative estimate of drug-likeness (QED) is 0.823. The highest BCUT2D eigenvalue weighted by molar-refractivity contribution is 5.84. The molecule has 0 aromatic carbocycles. The van der Waals surface area contributed by atoms with Gasteiger partial charge >= 0.3 is 5.69 Å². The van der Waals surface area contributed by atoms with Crippen LogP contribution in [0.25, 0.3) is 0 Å². The smallest absolute Gasteiger partial charge is 0.345 e. The molecule has 2 atom stereocenters. The minimum atomic E-state index is -0.585. The number of aromatic amines is 1. The highest BCUT2D eigenvalue weighted by Gasteiger charge is 2.62. The zero-order valence-corrected chi connectivity index (χ0v) is 14.5. The van der Waals surface area contributed by atoms with Crippen molar-refractivity contribution in [3.05, 3.63) is 27.4 Å². The van der Waals surface area contributed by atoms with Gasteiger partial charge in [-0.1, -0.05) is 0 Å². The van der Waals surface area contributed by atoms with Crippen LogP contribution in [-0.4, -0.2) is 63.0 Å². The molecule has 25 heavy (non-hydrogen) atoms. The lowest BCUT2D eigenvalue weighted by Crippen LogP contribution is -2.48. The summed E-state index contributed by atoms with van der Waals surface area (Å²) in [6.45, 7) is 5.40. The molecule has 0 bridgehead atoms. The second-order valence-corrected chi connectivity index (χ2v) is 7.03. The van der Waals surface area contributed by atoms with Crippen molar-refractivity contribution in [1.82, 2.24) is 19.8 Å². The van der Waals surface area contributed by atoms with Crippen LogP contribution in [0.4, 0.5) is 0 Å². The number of H-pyrrole nitrogens is 1. The van der Waals surface area contributed by atoms with E-state index in [0.29, 0.717) is 51.1 Å². The number of likely N-dealkylation sites (tertiary alicyclic amines) is 1. The van der Waals surface area contributed by atoms with Crippen molar-refractivity contribution in [2.75, 3.05) is 19.7 Å². The largest absolute Gasteiger partial charge is 0.351 e. The van der Waals surface area contributed by atoms with Crippen LogP contribution in [0, 0.1) is 13.8 Å². The van der Waals surface area contributed by atoms with Gasteiger partial charge in [-0.15, -0.1) is 0 Å². The maximum absolute atomic E-state index is 12.8. The fraction of sp³-hybridized carbons (Fsp3) is 0.647. The number of aryl methyl sites for hydroxylation is 2. The second kappa shape index (κ2) is 5.66. The standard InChI is InChI=1S/C17H22N4O4/c1-10-12(11(2)19-16(24)18-10)3-4-14(22)20-6-5-17-13(20)9-15(23)21(17)7-8-25-17/h13H,3-9H2,1-2H3,(H,18,19,24)/t13-,17+/m1/s1. The third-order valence-electron chi connectivity index (χ3n) is 5.76. The monoisotopic (exact) mass is 346 g/mol. The van der Waals surface area contributed by atoms with E-state index in [2.05, 4.69) is 9.97 Å². The number of carbonyl (C=O) groups excluding carboxylic acids is 2. The van der Waals surface area contributed by atoms with E-state index < -0.39 is 5.72 Å². The van der Waals surface area contributed by atoms with E-state index in [4.69, 9.17) is 4.74 Å². The minimum Gasteiger partial charge on any atom is -0.351 e. The van der Waals surface area contributed by atoms with E-state index in [9.17, 15) is 14.4 Å². The Morgan fingerprint density at radius 2 is 2.16 bits per heavy atom. The van der Waals surface area contributed by atoms with Crippen LogP contribution >= 0.6 is 0 Å². The third-order valence-corrected chi connectivity index (χ3v) is 5.76. The van der Waals surface area contributed by atoms with Gasteiger partial charge in [0.05, 0.1) is 19.1 Å². The third kappa shape index (κ3) is 2.38. The van der Waals surface area contributed by atoms with Crippen LogP contribution in [0.15, 0.2) is 4.79 Å². The Bertz CT molecular complexity index is 778. The van der Waals surface area contributed by atoms with Crippen molar-refractivity contribution >= 4 is 11.8 Å². The summed E-state index contributed by atoms with van der Waals surface area (Å²) in [6, 6.07) is -0.175. The second-order valence-electron chi connectivity index (χ2n) is 7.03. The predicted molar refractivity (Wildman–Crippen MR) is 87.8 cm³/mol. The summed E-state index contributed by atoms with van der Waals surface area (Å²) in [4.78, 5) is 46.6. The first kappa shape index (κ1) is 16.3. The highest BCUT2D eigenvalue weighted by Crippen LogP contribution is 2.45. The van der Waals surface area contributed by atoms with Crippen molar-refractivity contribution in [1.29, 1.82) is 0 Å². The van der Waals surface area contributed by atoms with E-state index >= 15 is 0 Å². The van der Waals surface area contributed by atoms with E-state index in [1.807, 2.05) is 16.7 Å². The zero-order valence-electron chi connectivity index (χ0n) is 14.5. The van der Waals surface area contributed by atoms with Gasteiger partial charge in [0.15, 0.2) is 5.72 Å². The minimum absolute atomic E-state index is 0.0250. The molecule has 134 valence electrons. The van der Waals surface area contributed by atoms with Gasteiger partial charge in [0.25, 0.3) is 0 Å². The molecule has 0 saturated carbocycles. The molecule has 1 N–H and O–H groups in total. The van der Waals surface area contributed by atoms with E-state index in [-0.39, 0.29) is 23.5 Å². The number of ether oxygens (including phenoxy) is 1. The highest BCUT2D eigenvalue weighted by atomic mass is 16.5. The maximum Gasteiger partial charge on any atom is 0.345 e. The molecule has 3 aliphatic rings. The van der Waals surface area contributed by atoms with Crippen molar-refractivity contribution in [2.24, 2.45) is 0 Å². The number of hydrogen-bond acceptors (Lipinski definition) is 5. The van der Waals surface area contributed by atoms with E-state index in [1.165, 1.54) is 0 Å². The Labute approximate surface area is 145 Å². The van der Waals surface area contributed by atoms with Gasteiger partial charge in [0.1, 0.15) is 0 Å². The summed E-state index contributed by atoms with van der Waals surface area (Å²) < 4.78 is 5.91. The van der Waals surface area contributed by atoms with Crippen molar-refractivity contribution in [3.8, 4) is 0 Å². The molecule has 2 amide bonds. The summed E-state index contributed by atoms with van der Waals surface area (Å²) in [5.41, 5.74) is 1.37. The van der Waals surface area contributed by atoms with E-state index in [1.54, 1.807) is 6.92 Å². The first-order valence-electron chi connectivity index (χ1n) is 8.72. The topological polar surface area (TPSA) is 95.6 Å². The van der Waals surface area contributed by atoms with Gasteiger partial charge in [0, 0.05) is 37.3 Å². The lowest BCUT2D eigenvalue weighted by molar-refractivity contribution is -0.139. The number of carbonyl (C=O) groups is 2. The number of amides is 2. The summed E-state index contributed by atoms with van der Waals surface area (Å²) in [5.74, 6) is 0.105. The lowest BCUT2D eigenvalue weighted by Gasteiger charge is -2.31. The van der Waals surface area contributed by atoms with Crippen LogP contribution < -0.4 is 5.69 Å². The van der Waals surface area contributed by atoms with Crippen molar-refractivity contribution < 1.29 is 14.3 Å². The first-order valence-corrected chi connectivity index (χ1v) is 8.72. The fourth-order valence-corrected chi connectivity index (χ4v) is 4.59. The summed E-state index contributed by atoms with van der Waals surface area (Å²) >= 11 is 0. The Morgan fingerprint density at radius 1 is 1.36 bits per heavy atom. The lowest BCUT2D eigenvalue weighted by atomic mass is 10.0. The maximum atomic E-state index is 12.8. The van der Waals surface area contributed by atoms with Crippen LogP contribution in [0.5, 0.6) is 0 Å². The number of nitrogens with zero attached hydrogens (tertiary/aromatic N) is 3. The SMILES string of the molecule is Cc1nc(=O)[nH]c(C)c1CCC(=O)N1CC[C@@]23OCCN2C(=O)C[C@@H]13. The van der Waals surface area contributed by atoms with Gasteiger partial charge < -0.3 is 19.5 Å². The molecule has 8 nitrogen and oxygen atoms in total. The molecule has 8 heteroatoms. The number of hydrogen-bond donors (Lipinski definition) is 1. The Kier molecular flexibility index (Phi) is 3.68. The molecule has 3 saturated heterocycles. The Hall–Kier alpha value is -2.22. The molecular weight excluding hydrogens is 324 g/mol. The van der Waals surface area contributed by atoms with Gasteiger partial charge in [0.2, 0.25) is 11.8 Å². The molecule has 4 rings (SSSR count). The van der Waals surface area contributed by atoms with Crippen molar-refractivity contribution in [2.45, 2.75) is 51.3 Å². The molecule has 1 aromatic heterocycles. The van der Waals surface area contributed by atoms with Gasteiger partial charge in [-0.05, 0) is 25.8 Å². The number of nitrogens with one attached hydrogen (secondary N) is 1. The zero-order chi connectivity index (χ0) is 17.8. The summed E-state index contributed by atoms with van der Waals surface area (Å²) in [7, 11) is 0. The van der Waals surface area contributed by atoms with Crippen LogP contribution in [0.2, 0.25) is 0 Å². The van der Waals surface area contributed by atoms with Crippen molar-refractivity contribution in [3.63, 3.8) is 0 Å². The van der Waals surface area contributed by atoms with Crippen LogP contribution in [-0.2, 0) is 20.7 Å². The summed E-state index contributed by atoms with van der Waals surface area (Å²) in [5, 5.41) is 0. The Balaban J connectivity index is 1.48. The number of aromatic nitrogens is 2. The molecule has 1 aromatic rings. The molecule has 0 aliphatic carbocycles. The average Bonchev–Trinajstić information content (AvgIpc) is 3.17. The molecule has 1 spiro atoms. The predicted octanol–water partition coefficient (Wildman–Crippen LogP) is -0.121. The first-order chi connectivity index (χ1) is 11.9. The molecule has 3 fully saturated rings. The molecule has 3 aliphatic heterocycles. The Morgan fingerprint density at radius 3 is 2.92 bits per heavy atom. The normalized spacial score (nSPS) is 27.8. The molecular formula is C17H22N4O4. The summed E-state index contributed by atoms with van der Waals surface area (Å²) in [6.07, 6.45) is 1.89. The van der Waals surface area contributed by atoms with Crippen LogP contribution in [0.1, 0.15) is 36.2 Å². The van der Waals surface area contributed by atoms with Gasteiger partial charge in [-0.2, -0.15) is 4.98 Å². The molecule has 4 heterocycles. The van der Waals surface area contributed by atoms with E-state index in [0.717, 1.165) is 11.3 Å². The van der Waals surface area contributed by atoms with Gasteiger partial charge in [-0.3, -0.25) is 9.59 Å².